The highest BCUT2D eigenvalue weighted by molar-refractivity contribution is 7.99. The maximum absolute atomic E-state index is 12.7. The van der Waals surface area contributed by atoms with Crippen LogP contribution in [0.25, 0.3) is 10.2 Å². The SMILES string of the molecule is CCSc1ccc(NS(=O)(=O)c2cccc3nc(C)sc23)cc1. The van der Waals surface area contributed by atoms with E-state index in [9.17, 15) is 8.42 Å². The largest absolute Gasteiger partial charge is 0.280 e. The second kappa shape index (κ2) is 6.51. The summed E-state index contributed by atoms with van der Waals surface area (Å²) in [6.07, 6.45) is 0. The predicted octanol–water partition coefficient (Wildman–Crippen LogP) is 4.52. The normalized spacial score (nSPS) is 11.7. The quantitative estimate of drug-likeness (QED) is 0.676. The van der Waals surface area contributed by atoms with E-state index in [-0.39, 0.29) is 4.90 Å². The van der Waals surface area contributed by atoms with Crippen molar-refractivity contribution in [1.82, 2.24) is 4.98 Å². The van der Waals surface area contributed by atoms with Gasteiger partial charge in [0.1, 0.15) is 4.90 Å². The van der Waals surface area contributed by atoms with Crippen molar-refractivity contribution in [2.75, 3.05) is 10.5 Å². The number of thioether (sulfide) groups is 1. The lowest BCUT2D eigenvalue weighted by atomic mass is 10.3. The van der Waals surface area contributed by atoms with Crippen LogP contribution in [0.4, 0.5) is 5.69 Å². The van der Waals surface area contributed by atoms with Gasteiger partial charge in [-0.15, -0.1) is 23.1 Å². The number of benzene rings is 2. The van der Waals surface area contributed by atoms with Gasteiger partial charge in [-0.1, -0.05) is 13.0 Å². The van der Waals surface area contributed by atoms with Gasteiger partial charge in [-0.3, -0.25) is 4.72 Å². The summed E-state index contributed by atoms with van der Waals surface area (Å²) in [5.41, 5.74) is 1.27. The Hall–Kier alpha value is -1.57. The van der Waals surface area contributed by atoms with Crippen LogP contribution in [-0.4, -0.2) is 19.2 Å². The number of anilines is 1. The summed E-state index contributed by atoms with van der Waals surface area (Å²) in [7, 11) is -3.64. The summed E-state index contributed by atoms with van der Waals surface area (Å²) >= 11 is 3.11. The molecule has 0 saturated carbocycles. The lowest BCUT2D eigenvalue weighted by molar-refractivity contribution is 0.602. The zero-order valence-electron chi connectivity index (χ0n) is 12.7. The molecule has 0 saturated heterocycles. The van der Waals surface area contributed by atoms with E-state index >= 15 is 0 Å². The fourth-order valence-corrected chi connectivity index (χ4v) is 5.35. The van der Waals surface area contributed by atoms with Crippen molar-refractivity contribution in [2.24, 2.45) is 0 Å². The van der Waals surface area contributed by atoms with Crippen molar-refractivity contribution in [3.63, 3.8) is 0 Å². The molecule has 7 heteroatoms. The Balaban J connectivity index is 1.94. The van der Waals surface area contributed by atoms with Gasteiger partial charge in [-0.05, 0) is 49.1 Å². The molecule has 0 atom stereocenters. The van der Waals surface area contributed by atoms with Crippen LogP contribution in [0.3, 0.4) is 0 Å². The van der Waals surface area contributed by atoms with Crippen molar-refractivity contribution in [3.05, 3.63) is 47.5 Å². The molecule has 1 aromatic heterocycles. The maximum atomic E-state index is 12.7. The number of nitrogens with zero attached hydrogens (tertiary/aromatic N) is 1. The molecule has 0 fully saturated rings. The second-order valence-corrected chi connectivity index (χ2v) is 9.09. The highest BCUT2D eigenvalue weighted by Crippen LogP contribution is 2.30. The minimum atomic E-state index is -3.64. The van der Waals surface area contributed by atoms with Crippen molar-refractivity contribution in [1.29, 1.82) is 0 Å². The lowest BCUT2D eigenvalue weighted by Crippen LogP contribution is -2.12. The first-order valence-corrected chi connectivity index (χ1v) is 10.4. The van der Waals surface area contributed by atoms with E-state index < -0.39 is 10.0 Å². The van der Waals surface area contributed by atoms with E-state index in [0.29, 0.717) is 15.9 Å². The number of fused-ring (bicyclic) bond motifs is 1. The molecule has 0 spiro atoms. The van der Waals surface area contributed by atoms with Gasteiger partial charge in [0.15, 0.2) is 0 Å². The Kier molecular flexibility index (Phi) is 4.61. The van der Waals surface area contributed by atoms with Gasteiger partial charge >= 0.3 is 0 Å². The molecule has 0 aliphatic carbocycles. The average molecular weight is 365 g/mol. The van der Waals surface area contributed by atoms with Gasteiger partial charge in [-0.25, -0.2) is 13.4 Å². The van der Waals surface area contributed by atoms with Crippen LogP contribution in [0.2, 0.25) is 0 Å². The van der Waals surface area contributed by atoms with E-state index in [2.05, 4.69) is 16.6 Å². The zero-order chi connectivity index (χ0) is 16.4. The van der Waals surface area contributed by atoms with E-state index in [4.69, 9.17) is 0 Å². The number of sulfonamides is 1. The van der Waals surface area contributed by atoms with Crippen LogP contribution in [0.5, 0.6) is 0 Å². The van der Waals surface area contributed by atoms with E-state index in [0.717, 1.165) is 15.7 Å². The Labute approximate surface area is 144 Å². The molecule has 2 aromatic carbocycles. The molecule has 0 radical (unpaired) electrons. The molecule has 0 amide bonds. The topological polar surface area (TPSA) is 59.1 Å². The smallest absolute Gasteiger partial charge is 0.263 e. The third-order valence-corrected chi connectivity index (χ3v) is 6.66. The van der Waals surface area contributed by atoms with Crippen LogP contribution in [0, 0.1) is 6.92 Å². The van der Waals surface area contributed by atoms with Gasteiger partial charge in [0.05, 0.1) is 15.2 Å². The van der Waals surface area contributed by atoms with Crippen LogP contribution in [-0.2, 0) is 10.0 Å². The minimum Gasteiger partial charge on any atom is -0.280 e. The highest BCUT2D eigenvalue weighted by Gasteiger charge is 2.19. The predicted molar refractivity (Wildman–Crippen MR) is 98.0 cm³/mol. The number of hydrogen-bond donors (Lipinski definition) is 1. The molecular weight excluding hydrogens is 348 g/mol. The van der Waals surface area contributed by atoms with Crippen molar-refractivity contribution < 1.29 is 8.42 Å². The number of aryl methyl sites for hydroxylation is 1. The van der Waals surface area contributed by atoms with Crippen molar-refractivity contribution in [2.45, 2.75) is 23.6 Å². The summed E-state index contributed by atoms with van der Waals surface area (Å²) in [5.74, 6) is 0.984. The molecular formula is C16H16N2O2S3. The first-order valence-electron chi connectivity index (χ1n) is 7.11. The highest BCUT2D eigenvalue weighted by atomic mass is 32.2. The molecule has 4 nitrogen and oxygen atoms in total. The molecule has 3 rings (SSSR count). The Morgan fingerprint density at radius 2 is 1.91 bits per heavy atom. The Morgan fingerprint density at radius 1 is 1.17 bits per heavy atom. The zero-order valence-corrected chi connectivity index (χ0v) is 15.2. The molecule has 0 aliphatic rings. The van der Waals surface area contributed by atoms with Gasteiger partial charge in [-0.2, -0.15) is 0 Å². The van der Waals surface area contributed by atoms with Crippen LogP contribution in [0.15, 0.2) is 52.3 Å². The monoisotopic (exact) mass is 364 g/mol. The number of hydrogen-bond acceptors (Lipinski definition) is 5. The number of rotatable bonds is 5. The summed E-state index contributed by atoms with van der Waals surface area (Å²) in [6.45, 7) is 3.96. The molecule has 1 heterocycles. The standard InChI is InChI=1S/C16H16N2O2S3/c1-3-21-13-9-7-12(8-10-13)18-23(19,20)15-6-4-5-14-16(15)22-11(2)17-14/h4-10,18H,3H2,1-2H3. The second-order valence-electron chi connectivity index (χ2n) is 4.90. The average Bonchev–Trinajstić information content (AvgIpc) is 2.89. The Morgan fingerprint density at radius 3 is 2.61 bits per heavy atom. The van der Waals surface area contributed by atoms with Crippen LogP contribution >= 0.6 is 23.1 Å². The summed E-state index contributed by atoms with van der Waals surface area (Å²) in [5, 5.41) is 0.851. The van der Waals surface area contributed by atoms with Gasteiger partial charge in [0, 0.05) is 10.6 Å². The number of thiazole rings is 1. The van der Waals surface area contributed by atoms with Gasteiger partial charge in [0.2, 0.25) is 0 Å². The Bertz CT molecular complexity index is 932. The van der Waals surface area contributed by atoms with Gasteiger partial charge < -0.3 is 0 Å². The van der Waals surface area contributed by atoms with E-state index in [1.165, 1.54) is 11.3 Å². The van der Waals surface area contributed by atoms with Crippen molar-refractivity contribution in [3.8, 4) is 0 Å². The third-order valence-electron chi connectivity index (χ3n) is 3.19. The van der Waals surface area contributed by atoms with Crippen LogP contribution in [0.1, 0.15) is 11.9 Å². The first-order chi connectivity index (χ1) is 11.0. The molecule has 0 unspecified atom stereocenters. The minimum absolute atomic E-state index is 0.271. The van der Waals surface area contributed by atoms with Gasteiger partial charge in [0.25, 0.3) is 10.0 Å². The summed E-state index contributed by atoms with van der Waals surface area (Å²) in [6, 6.07) is 12.6. The van der Waals surface area contributed by atoms with E-state index in [1.54, 1.807) is 36.0 Å². The molecule has 3 aromatic rings. The summed E-state index contributed by atoms with van der Waals surface area (Å²) in [4.78, 5) is 5.74. The van der Waals surface area contributed by atoms with Crippen LogP contribution < -0.4 is 4.72 Å². The third kappa shape index (κ3) is 3.52. The molecule has 23 heavy (non-hydrogen) atoms. The molecule has 0 bridgehead atoms. The summed E-state index contributed by atoms with van der Waals surface area (Å²) < 4.78 is 28.7. The lowest BCUT2D eigenvalue weighted by Gasteiger charge is -2.09. The first kappa shape index (κ1) is 16.3. The van der Waals surface area contributed by atoms with Crippen molar-refractivity contribution >= 4 is 49.0 Å². The fraction of sp³-hybridized carbons (Fsp3) is 0.188. The molecule has 1 N–H and O–H groups in total. The fourth-order valence-electron chi connectivity index (χ4n) is 2.24. The maximum Gasteiger partial charge on any atom is 0.263 e. The molecule has 120 valence electrons. The molecule has 0 aliphatic heterocycles. The van der Waals surface area contributed by atoms with E-state index in [1.807, 2.05) is 25.1 Å². The number of aromatic nitrogens is 1. The number of nitrogens with one attached hydrogen (secondary N) is 1.